The maximum Gasteiger partial charge on any atom is 0.237 e. The summed E-state index contributed by atoms with van der Waals surface area (Å²) in [6.45, 7) is 8.96. The van der Waals surface area contributed by atoms with Crippen molar-refractivity contribution in [1.29, 1.82) is 0 Å². The molecule has 0 radical (unpaired) electrons. The largest absolute Gasteiger partial charge is 0.355 e. The quantitative estimate of drug-likeness (QED) is 0.704. The molecule has 3 N–H and O–H groups in total. The van der Waals surface area contributed by atoms with E-state index in [2.05, 4.69) is 24.1 Å². The summed E-state index contributed by atoms with van der Waals surface area (Å²) < 4.78 is 0. The van der Waals surface area contributed by atoms with Crippen LogP contribution in [0.2, 0.25) is 0 Å². The molecule has 0 aliphatic carbocycles. The van der Waals surface area contributed by atoms with Crippen LogP contribution < -0.4 is 11.1 Å². The zero-order valence-corrected chi connectivity index (χ0v) is 12.1. The van der Waals surface area contributed by atoms with Crippen LogP contribution in [0.5, 0.6) is 0 Å². The Hall–Kier alpha value is -0.610. The summed E-state index contributed by atoms with van der Waals surface area (Å²) in [4.78, 5) is 14.2. The lowest BCUT2D eigenvalue weighted by Crippen LogP contribution is -2.54. The molecular weight excluding hydrogens is 226 g/mol. The highest BCUT2D eigenvalue weighted by molar-refractivity contribution is 5.81. The fourth-order valence-corrected chi connectivity index (χ4v) is 2.38. The minimum Gasteiger partial charge on any atom is -0.355 e. The van der Waals surface area contributed by atoms with E-state index in [0.29, 0.717) is 5.92 Å². The maximum absolute atomic E-state index is 12.0. The molecule has 1 aliphatic heterocycles. The second-order valence-electron chi connectivity index (χ2n) is 5.60. The van der Waals surface area contributed by atoms with E-state index < -0.39 is 0 Å². The molecule has 1 amide bonds. The normalized spacial score (nSPS) is 26.9. The van der Waals surface area contributed by atoms with Gasteiger partial charge in [-0.3, -0.25) is 9.69 Å². The van der Waals surface area contributed by atoms with Gasteiger partial charge in [0, 0.05) is 19.1 Å². The van der Waals surface area contributed by atoms with Crippen molar-refractivity contribution in [2.45, 2.75) is 58.5 Å². The molecule has 106 valence electrons. The smallest absolute Gasteiger partial charge is 0.237 e. The molecule has 3 unspecified atom stereocenters. The van der Waals surface area contributed by atoms with Crippen molar-refractivity contribution >= 4 is 5.91 Å². The molecule has 0 spiro atoms. The zero-order valence-electron chi connectivity index (χ0n) is 12.1. The SMILES string of the molecule is CCCCCNC(=O)C(C)N1CCC(C)C(N)C1. The molecule has 0 saturated carbocycles. The Balaban J connectivity index is 2.30. The molecule has 0 aromatic rings. The van der Waals surface area contributed by atoms with Gasteiger partial charge in [-0.15, -0.1) is 0 Å². The Labute approximate surface area is 111 Å². The Morgan fingerprint density at radius 3 is 2.83 bits per heavy atom. The summed E-state index contributed by atoms with van der Waals surface area (Å²) in [5.74, 6) is 0.717. The fraction of sp³-hybridized carbons (Fsp3) is 0.929. The summed E-state index contributed by atoms with van der Waals surface area (Å²) in [6.07, 6.45) is 4.53. The first-order valence-electron chi connectivity index (χ1n) is 7.33. The summed E-state index contributed by atoms with van der Waals surface area (Å²) in [5, 5.41) is 3.02. The van der Waals surface area contributed by atoms with E-state index >= 15 is 0 Å². The van der Waals surface area contributed by atoms with Crippen LogP contribution in [0.3, 0.4) is 0 Å². The number of carbonyl (C=O) groups is 1. The lowest BCUT2D eigenvalue weighted by Gasteiger charge is -2.37. The van der Waals surface area contributed by atoms with Gasteiger partial charge in [0.05, 0.1) is 6.04 Å². The number of nitrogens with two attached hydrogens (primary N) is 1. The molecule has 18 heavy (non-hydrogen) atoms. The van der Waals surface area contributed by atoms with Crippen molar-refractivity contribution in [2.24, 2.45) is 11.7 Å². The standard InChI is InChI=1S/C14H29N3O/c1-4-5-6-8-16-14(18)12(3)17-9-7-11(2)13(15)10-17/h11-13H,4-10,15H2,1-3H3,(H,16,18). The van der Waals surface area contributed by atoms with Crippen LogP contribution in [0.4, 0.5) is 0 Å². The van der Waals surface area contributed by atoms with Crippen molar-refractivity contribution < 1.29 is 4.79 Å². The van der Waals surface area contributed by atoms with Crippen LogP contribution in [0, 0.1) is 5.92 Å². The molecule has 1 aliphatic rings. The third kappa shape index (κ3) is 4.58. The summed E-state index contributed by atoms with van der Waals surface area (Å²) in [5.41, 5.74) is 6.07. The number of hydrogen-bond acceptors (Lipinski definition) is 3. The minimum absolute atomic E-state index is 0.0508. The van der Waals surface area contributed by atoms with Gasteiger partial charge in [0.25, 0.3) is 0 Å². The lowest BCUT2D eigenvalue weighted by atomic mass is 9.93. The molecule has 1 fully saturated rings. The average Bonchev–Trinajstić information content (AvgIpc) is 2.37. The number of unbranched alkanes of at least 4 members (excludes halogenated alkanes) is 2. The monoisotopic (exact) mass is 255 g/mol. The molecule has 1 heterocycles. The topological polar surface area (TPSA) is 58.4 Å². The Kier molecular flexibility index (Phi) is 6.65. The molecule has 4 heteroatoms. The van der Waals surface area contributed by atoms with E-state index in [4.69, 9.17) is 5.73 Å². The first kappa shape index (κ1) is 15.4. The van der Waals surface area contributed by atoms with E-state index in [-0.39, 0.29) is 18.0 Å². The van der Waals surface area contributed by atoms with Gasteiger partial charge in [0.2, 0.25) is 5.91 Å². The molecule has 0 aromatic carbocycles. The highest BCUT2D eigenvalue weighted by Gasteiger charge is 2.28. The van der Waals surface area contributed by atoms with Gasteiger partial charge in [-0.05, 0) is 32.2 Å². The van der Waals surface area contributed by atoms with Gasteiger partial charge in [0.15, 0.2) is 0 Å². The summed E-state index contributed by atoms with van der Waals surface area (Å²) in [7, 11) is 0. The second-order valence-corrected chi connectivity index (χ2v) is 5.60. The summed E-state index contributed by atoms with van der Waals surface area (Å²) >= 11 is 0. The number of piperidine rings is 1. The van der Waals surface area contributed by atoms with Crippen molar-refractivity contribution in [2.75, 3.05) is 19.6 Å². The van der Waals surface area contributed by atoms with Gasteiger partial charge in [0.1, 0.15) is 0 Å². The van der Waals surface area contributed by atoms with Crippen molar-refractivity contribution in [3.05, 3.63) is 0 Å². The molecule has 0 bridgehead atoms. The zero-order chi connectivity index (χ0) is 13.5. The van der Waals surface area contributed by atoms with Crippen molar-refractivity contribution in [1.82, 2.24) is 10.2 Å². The van der Waals surface area contributed by atoms with E-state index in [9.17, 15) is 4.79 Å². The van der Waals surface area contributed by atoms with Crippen LogP contribution in [-0.4, -0.2) is 42.5 Å². The predicted molar refractivity (Wildman–Crippen MR) is 75.3 cm³/mol. The molecule has 0 aromatic heterocycles. The lowest BCUT2D eigenvalue weighted by molar-refractivity contribution is -0.126. The second kappa shape index (κ2) is 7.74. The van der Waals surface area contributed by atoms with Gasteiger partial charge < -0.3 is 11.1 Å². The molecule has 1 rings (SSSR count). The molecular formula is C14H29N3O. The number of nitrogens with zero attached hydrogens (tertiary/aromatic N) is 1. The average molecular weight is 255 g/mol. The number of hydrogen-bond donors (Lipinski definition) is 2. The van der Waals surface area contributed by atoms with Gasteiger partial charge in [-0.25, -0.2) is 0 Å². The fourth-order valence-electron chi connectivity index (χ4n) is 2.38. The van der Waals surface area contributed by atoms with Crippen molar-refractivity contribution in [3.63, 3.8) is 0 Å². The van der Waals surface area contributed by atoms with E-state index in [1.165, 1.54) is 12.8 Å². The van der Waals surface area contributed by atoms with Gasteiger partial charge in [-0.1, -0.05) is 26.7 Å². The number of rotatable bonds is 6. The third-order valence-corrected chi connectivity index (χ3v) is 4.05. The van der Waals surface area contributed by atoms with Gasteiger partial charge >= 0.3 is 0 Å². The number of likely N-dealkylation sites (tertiary alicyclic amines) is 1. The van der Waals surface area contributed by atoms with Crippen LogP contribution >= 0.6 is 0 Å². The van der Waals surface area contributed by atoms with Crippen LogP contribution in [0.15, 0.2) is 0 Å². The van der Waals surface area contributed by atoms with E-state index in [1.54, 1.807) is 0 Å². The van der Waals surface area contributed by atoms with Crippen LogP contribution in [0.1, 0.15) is 46.5 Å². The number of nitrogens with one attached hydrogen (secondary N) is 1. The molecule has 3 atom stereocenters. The van der Waals surface area contributed by atoms with Crippen molar-refractivity contribution in [3.8, 4) is 0 Å². The number of carbonyl (C=O) groups excluding carboxylic acids is 1. The van der Waals surface area contributed by atoms with Crippen LogP contribution in [0.25, 0.3) is 0 Å². The Morgan fingerprint density at radius 1 is 1.50 bits per heavy atom. The van der Waals surface area contributed by atoms with E-state index in [0.717, 1.165) is 32.5 Å². The highest BCUT2D eigenvalue weighted by atomic mass is 16.2. The number of amides is 1. The Bertz CT molecular complexity index is 257. The predicted octanol–water partition coefficient (Wildman–Crippen LogP) is 1.35. The van der Waals surface area contributed by atoms with E-state index in [1.807, 2.05) is 6.92 Å². The molecule has 1 saturated heterocycles. The Morgan fingerprint density at radius 2 is 2.22 bits per heavy atom. The molecule has 4 nitrogen and oxygen atoms in total. The summed E-state index contributed by atoms with van der Waals surface area (Å²) in [6, 6.07) is 0.152. The first-order valence-corrected chi connectivity index (χ1v) is 7.33. The maximum atomic E-state index is 12.0. The van der Waals surface area contributed by atoms with Crippen LogP contribution in [-0.2, 0) is 4.79 Å². The highest BCUT2D eigenvalue weighted by Crippen LogP contribution is 2.17. The third-order valence-electron chi connectivity index (χ3n) is 4.05. The van der Waals surface area contributed by atoms with Gasteiger partial charge in [-0.2, -0.15) is 0 Å². The minimum atomic E-state index is -0.0508. The first-order chi connectivity index (χ1) is 8.56.